The van der Waals surface area contributed by atoms with E-state index in [4.69, 9.17) is 0 Å². The molecule has 3 rings (SSSR count). The topological polar surface area (TPSA) is 37.4 Å². The van der Waals surface area contributed by atoms with Crippen LogP contribution in [0, 0.1) is 18.8 Å². The Morgan fingerprint density at radius 3 is 2.47 bits per heavy atom. The molecule has 2 amide bonds. The van der Waals surface area contributed by atoms with Crippen molar-refractivity contribution >= 4 is 17.5 Å². The van der Waals surface area contributed by atoms with E-state index in [1.165, 1.54) is 10.5 Å². The molecule has 0 aromatic heterocycles. The Kier molecular flexibility index (Phi) is 2.77. The first-order chi connectivity index (χ1) is 9.09. The lowest BCUT2D eigenvalue weighted by molar-refractivity contribution is -0.122. The first-order valence-corrected chi connectivity index (χ1v) is 6.68. The van der Waals surface area contributed by atoms with Crippen LogP contribution in [-0.2, 0) is 9.59 Å². The van der Waals surface area contributed by atoms with Gasteiger partial charge in [-0.15, -0.1) is 0 Å². The molecule has 1 aliphatic heterocycles. The lowest BCUT2D eigenvalue weighted by Crippen LogP contribution is -2.31. The third-order valence-corrected chi connectivity index (χ3v) is 4.18. The number of rotatable bonds is 1. The van der Waals surface area contributed by atoms with E-state index in [-0.39, 0.29) is 23.7 Å². The van der Waals surface area contributed by atoms with Gasteiger partial charge in [0.25, 0.3) is 0 Å². The van der Waals surface area contributed by atoms with E-state index >= 15 is 0 Å². The van der Waals surface area contributed by atoms with E-state index in [9.17, 15) is 9.59 Å². The van der Waals surface area contributed by atoms with E-state index in [0.717, 1.165) is 17.7 Å². The molecule has 3 heteroatoms. The second-order valence-electron chi connectivity index (χ2n) is 5.50. The molecule has 0 saturated carbocycles. The van der Waals surface area contributed by atoms with Crippen molar-refractivity contribution in [2.75, 3.05) is 4.90 Å². The first kappa shape index (κ1) is 12.2. The van der Waals surface area contributed by atoms with Crippen molar-refractivity contribution in [3.8, 4) is 0 Å². The number of carbonyl (C=O) groups excluding carboxylic acids is 2. The van der Waals surface area contributed by atoms with E-state index < -0.39 is 0 Å². The third kappa shape index (κ3) is 1.81. The molecular formula is C16H17NO2. The molecule has 1 aromatic rings. The van der Waals surface area contributed by atoms with Gasteiger partial charge in [0, 0.05) is 0 Å². The molecule has 2 atom stereocenters. The number of anilines is 1. The number of nitrogens with zero attached hydrogens (tertiary/aromatic N) is 1. The molecular weight excluding hydrogens is 238 g/mol. The van der Waals surface area contributed by atoms with E-state index in [1.807, 2.05) is 38.1 Å². The maximum absolute atomic E-state index is 12.5. The Balaban J connectivity index is 2.00. The van der Waals surface area contributed by atoms with Crippen molar-refractivity contribution in [2.24, 2.45) is 11.8 Å². The highest BCUT2D eigenvalue weighted by atomic mass is 16.2. The second-order valence-corrected chi connectivity index (χ2v) is 5.50. The minimum absolute atomic E-state index is 0.0308. The number of hydrogen-bond donors (Lipinski definition) is 0. The molecule has 2 aliphatic rings. The van der Waals surface area contributed by atoms with Gasteiger partial charge in [0.2, 0.25) is 11.8 Å². The number of fused-ring (bicyclic) bond motifs is 1. The molecule has 0 N–H and O–H groups in total. The molecule has 1 fully saturated rings. The van der Waals surface area contributed by atoms with Gasteiger partial charge in [-0.2, -0.15) is 0 Å². The minimum Gasteiger partial charge on any atom is -0.274 e. The molecule has 0 bridgehead atoms. The van der Waals surface area contributed by atoms with Crippen LogP contribution in [0.5, 0.6) is 0 Å². The Labute approximate surface area is 112 Å². The van der Waals surface area contributed by atoms with Crippen LogP contribution in [0.4, 0.5) is 5.69 Å². The molecule has 19 heavy (non-hydrogen) atoms. The molecule has 0 radical (unpaired) electrons. The molecule has 1 saturated heterocycles. The summed E-state index contributed by atoms with van der Waals surface area (Å²) in [4.78, 5) is 26.4. The lowest BCUT2D eigenvalue weighted by Gasteiger charge is -2.18. The summed E-state index contributed by atoms with van der Waals surface area (Å²) in [5.41, 5.74) is 2.92. The van der Waals surface area contributed by atoms with Crippen LogP contribution >= 0.6 is 0 Å². The molecule has 98 valence electrons. The van der Waals surface area contributed by atoms with Gasteiger partial charge >= 0.3 is 0 Å². The standard InChI is InChI=1S/C16H17NO2/c1-10-7-8-12-13(9-10)16(19)17(15(12)18)14-6-4-3-5-11(14)2/h3-7,12-13H,8-9H2,1-2H3. The summed E-state index contributed by atoms with van der Waals surface area (Å²) in [6.45, 7) is 3.96. The minimum atomic E-state index is -0.157. The number of hydrogen-bond acceptors (Lipinski definition) is 2. The quantitative estimate of drug-likeness (QED) is 0.571. The summed E-state index contributed by atoms with van der Waals surface area (Å²) in [5, 5.41) is 0. The number of amides is 2. The number of allylic oxidation sites excluding steroid dienone is 2. The fourth-order valence-electron chi connectivity index (χ4n) is 3.09. The summed E-state index contributed by atoms with van der Waals surface area (Å²) < 4.78 is 0. The average Bonchev–Trinajstić information content (AvgIpc) is 2.63. The zero-order valence-electron chi connectivity index (χ0n) is 11.2. The van der Waals surface area contributed by atoms with E-state index in [0.29, 0.717) is 6.42 Å². The fourth-order valence-corrected chi connectivity index (χ4v) is 3.09. The Morgan fingerprint density at radius 2 is 1.74 bits per heavy atom. The van der Waals surface area contributed by atoms with Gasteiger partial charge in [-0.25, -0.2) is 4.90 Å². The summed E-state index contributed by atoms with van der Waals surface area (Å²) in [5.74, 6) is -0.377. The van der Waals surface area contributed by atoms with Crippen LogP contribution in [0.3, 0.4) is 0 Å². The Bertz CT molecular complexity index is 588. The van der Waals surface area contributed by atoms with Crippen molar-refractivity contribution in [3.63, 3.8) is 0 Å². The Hall–Kier alpha value is -1.90. The largest absolute Gasteiger partial charge is 0.274 e. The van der Waals surface area contributed by atoms with Gasteiger partial charge < -0.3 is 0 Å². The van der Waals surface area contributed by atoms with Crippen molar-refractivity contribution in [3.05, 3.63) is 41.5 Å². The maximum Gasteiger partial charge on any atom is 0.238 e. The van der Waals surface area contributed by atoms with Gasteiger partial charge in [0.15, 0.2) is 0 Å². The van der Waals surface area contributed by atoms with E-state index in [1.54, 1.807) is 0 Å². The smallest absolute Gasteiger partial charge is 0.238 e. The highest BCUT2D eigenvalue weighted by molar-refractivity contribution is 6.22. The third-order valence-electron chi connectivity index (χ3n) is 4.18. The van der Waals surface area contributed by atoms with Crippen LogP contribution in [0.2, 0.25) is 0 Å². The van der Waals surface area contributed by atoms with Crippen molar-refractivity contribution in [1.29, 1.82) is 0 Å². The van der Waals surface area contributed by atoms with Gasteiger partial charge in [-0.05, 0) is 38.3 Å². The zero-order valence-corrected chi connectivity index (χ0v) is 11.2. The number of para-hydroxylation sites is 1. The Morgan fingerprint density at radius 1 is 1.05 bits per heavy atom. The summed E-state index contributed by atoms with van der Waals surface area (Å²) in [6.07, 6.45) is 3.51. The van der Waals surface area contributed by atoms with Crippen molar-refractivity contribution in [1.82, 2.24) is 0 Å². The van der Waals surface area contributed by atoms with Crippen LogP contribution in [0.15, 0.2) is 35.9 Å². The van der Waals surface area contributed by atoms with Crippen LogP contribution in [0.25, 0.3) is 0 Å². The second kappa shape index (κ2) is 4.34. The first-order valence-electron chi connectivity index (χ1n) is 6.68. The number of carbonyl (C=O) groups is 2. The molecule has 3 nitrogen and oxygen atoms in total. The average molecular weight is 255 g/mol. The summed E-state index contributed by atoms with van der Waals surface area (Å²) in [6, 6.07) is 7.57. The zero-order chi connectivity index (χ0) is 13.6. The van der Waals surface area contributed by atoms with Gasteiger partial charge in [0.1, 0.15) is 0 Å². The fraction of sp³-hybridized carbons (Fsp3) is 0.375. The number of benzene rings is 1. The van der Waals surface area contributed by atoms with Crippen molar-refractivity contribution < 1.29 is 9.59 Å². The van der Waals surface area contributed by atoms with Crippen LogP contribution in [0.1, 0.15) is 25.3 Å². The van der Waals surface area contributed by atoms with Crippen LogP contribution < -0.4 is 4.90 Å². The molecule has 2 unspecified atom stereocenters. The molecule has 1 aromatic carbocycles. The van der Waals surface area contributed by atoms with Gasteiger partial charge in [-0.3, -0.25) is 9.59 Å². The molecule has 1 aliphatic carbocycles. The van der Waals surface area contributed by atoms with Gasteiger partial charge in [0.05, 0.1) is 17.5 Å². The van der Waals surface area contributed by atoms with E-state index in [2.05, 4.69) is 6.08 Å². The lowest BCUT2D eigenvalue weighted by atomic mass is 9.82. The summed E-state index contributed by atoms with van der Waals surface area (Å²) in [7, 11) is 0. The van der Waals surface area contributed by atoms with Crippen molar-refractivity contribution in [2.45, 2.75) is 26.7 Å². The summed E-state index contributed by atoms with van der Waals surface area (Å²) >= 11 is 0. The highest BCUT2D eigenvalue weighted by Gasteiger charge is 2.48. The number of imide groups is 1. The predicted octanol–water partition coefficient (Wildman–Crippen LogP) is 2.84. The van der Waals surface area contributed by atoms with Gasteiger partial charge in [-0.1, -0.05) is 29.8 Å². The number of aryl methyl sites for hydroxylation is 1. The predicted molar refractivity (Wildman–Crippen MR) is 73.6 cm³/mol. The molecule has 1 heterocycles. The SMILES string of the molecule is CC1=CCC2C(=O)N(c3ccccc3C)C(=O)C2C1. The maximum atomic E-state index is 12.5. The normalized spacial score (nSPS) is 26.4. The molecule has 0 spiro atoms. The highest BCUT2D eigenvalue weighted by Crippen LogP contribution is 2.40. The van der Waals surface area contributed by atoms with Crippen LogP contribution in [-0.4, -0.2) is 11.8 Å². The monoisotopic (exact) mass is 255 g/mol.